The van der Waals surface area contributed by atoms with Gasteiger partial charge in [0.15, 0.2) is 17.5 Å². The Bertz CT molecular complexity index is 916. The van der Waals surface area contributed by atoms with E-state index in [9.17, 15) is 4.79 Å². The lowest BCUT2D eigenvalue weighted by Crippen LogP contribution is -2.56. The molecule has 0 unspecified atom stereocenters. The maximum atomic E-state index is 14.2. The Balaban J connectivity index is 1.64. The van der Waals surface area contributed by atoms with Crippen molar-refractivity contribution in [2.24, 2.45) is 16.0 Å². The van der Waals surface area contributed by atoms with Crippen LogP contribution in [0.5, 0.6) is 0 Å². The molecule has 2 aliphatic heterocycles. The zero-order valence-electron chi connectivity index (χ0n) is 21.9. The average Bonchev–Trinajstić information content (AvgIpc) is 3.33. The molecule has 2 atom stereocenters. The molecule has 0 aromatic carbocycles. The van der Waals surface area contributed by atoms with Gasteiger partial charge in [-0.05, 0) is 68.9 Å². The van der Waals surface area contributed by atoms with Gasteiger partial charge in [0, 0.05) is 50.1 Å². The van der Waals surface area contributed by atoms with Crippen molar-refractivity contribution >= 4 is 11.8 Å². The summed E-state index contributed by atoms with van der Waals surface area (Å²) >= 11 is 0. The molecule has 1 saturated carbocycles. The fourth-order valence-electron chi connectivity index (χ4n) is 6.10. The molecule has 2 aliphatic carbocycles. The first-order valence-electron chi connectivity index (χ1n) is 13.8. The number of hydrogen-bond donors (Lipinski definition) is 1. The quantitative estimate of drug-likeness (QED) is 0.146. The van der Waals surface area contributed by atoms with Gasteiger partial charge in [-0.2, -0.15) is 0 Å². The zero-order valence-corrected chi connectivity index (χ0v) is 21.9. The maximum Gasteiger partial charge on any atom is 0.255 e. The number of nitrogens with zero attached hydrogens (tertiary/aromatic N) is 5. The summed E-state index contributed by atoms with van der Waals surface area (Å²) in [6.07, 6.45) is 9.76. The van der Waals surface area contributed by atoms with Crippen LogP contribution in [-0.2, 0) is 19.0 Å². The molecular formula is C27H41N5O5. The third-order valence-electron chi connectivity index (χ3n) is 8.06. The van der Waals surface area contributed by atoms with E-state index in [0.717, 1.165) is 62.5 Å². The Kier molecular flexibility index (Phi) is 10.0. The number of rotatable bonds is 11. The minimum absolute atomic E-state index is 0.0297. The van der Waals surface area contributed by atoms with Gasteiger partial charge in [-0.1, -0.05) is 16.8 Å². The van der Waals surface area contributed by atoms with Crippen molar-refractivity contribution in [2.75, 3.05) is 46.1 Å². The van der Waals surface area contributed by atoms with Crippen molar-refractivity contribution in [3.63, 3.8) is 0 Å². The number of ether oxygens (including phenoxy) is 3. The molecule has 0 aromatic rings. The van der Waals surface area contributed by atoms with Crippen molar-refractivity contribution in [1.82, 2.24) is 4.90 Å². The molecule has 10 nitrogen and oxygen atoms in total. The number of aliphatic hydroxyl groups excluding tert-OH is 1. The molecule has 10 heteroatoms. The van der Waals surface area contributed by atoms with E-state index in [-0.39, 0.29) is 24.5 Å². The highest BCUT2D eigenvalue weighted by molar-refractivity contribution is 5.95. The molecule has 1 N–H and O–H groups in total. The van der Waals surface area contributed by atoms with Crippen LogP contribution in [0.4, 0.5) is 0 Å². The largest absolute Gasteiger partial charge is 0.470 e. The predicted molar refractivity (Wildman–Crippen MR) is 140 cm³/mol. The van der Waals surface area contributed by atoms with Crippen molar-refractivity contribution in [3.8, 4) is 0 Å². The van der Waals surface area contributed by atoms with E-state index < -0.39 is 11.6 Å². The molecule has 4 aliphatic rings. The molecule has 4 rings (SSSR count). The van der Waals surface area contributed by atoms with E-state index in [1.54, 1.807) is 6.08 Å². The minimum atomic E-state index is -1.10. The van der Waals surface area contributed by atoms with E-state index in [2.05, 4.69) is 16.6 Å². The van der Waals surface area contributed by atoms with Gasteiger partial charge in [0.2, 0.25) is 0 Å². The van der Waals surface area contributed by atoms with Gasteiger partial charge in [0.05, 0.1) is 19.3 Å². The van der Waals surface area contributed by atoms with Crippen LogP contribution in [0, 0.1) is 5.92 Å². The Hall–Kier alpha value is -2.39. The molecule has 0 aromatic heterocycles. The second kappa shape index (κ2) is 13.4. The second-order valence-electron chi connectivity index (χ2n) is 10.4. The predicted octanol–water partition coefficient (Wildman–Crippen LogP) is 4.10. The summed E-state index contributed by atoms with van der Waals surface area (Å²) in [4.78, 5) is 24.2. The molecule has 0 bridgehead atoms. The van der Waals surface area contributed by atoms with Gasteiger partial charge in [0.25, 0.3) is 5.91 Å². The number of hydrogen-bond acceptors (Lipinski definition) is 7. The van der Waals surface area contributed by atoms with E-state index in [4.69, 9.17) is 29.8 Å². The molecule has 204 valence electrons. The van der Waals surface area contributed by atoms with Gasteiger partial charge in [-0.15, -0.1) is 6.58 Å². The molecule has 2 fully saturated rings. The molecule has 37 heavy (non-hydrogen) atoms. The monoisotopic (exact) mass is 515 g/mol. The van der Waals surface area contributed by atoms with E-state index in [1.807, 2.05) is 4.90 Å². The lowest BCUT2D eigenvalue weighted by molar-refractivity contribution is -0.143. The Morgan fingerprint density at radius 1 is 1.27 bits per heavy atom. The molecule has 2 heterocycles. The van der Waals surface area contributed by atoms with Crippen LogP contribution in [0.1, 0.15) is 64.2 Å². The van der Waals surface area contributed by atoms with Gasteiger partial charge < -0.3 is 24.2 Å². The third kappa shape index (κ3) is 6.37. The van der Waals surface area contributed by atoms with Crippen LogP contribution >= 0.6 is 0 Å². The minimum Gasteiger partial charge on any atom is -0.470 e. The van der Waals surface area contributed by atoms with Gasteiger partial charge >= 0.3 is 0 Å². The number of azide groups is 1. The zero-order chi connectivity index (χ0) is 26.1. The van der Waals surface area contributed by atoms with E-state index >= 15 is 0 Å². The summed E-state index contributed by atoms with van der Waals surface area (Å²) in [5, 5.41) is 12.9. The average molecular weight is 516 g/mol. The van der Waals surface area contributed by atoms with Crippen LogP contribution < -0.4 is 0 Å². The number of amides is 1. The summed E-state index contributed by atoms with van der Waals surface area (Å²) in [6, 6.07) is 0. The maximum absolute atomic E-state index is 14.2. The standard InChI is InChI=1S/C27H41N5O5/c1-2-12-27(26(34)32-13-17-35-18-14-32)24(23-7-4-3-6-21(23)19-29-31-28)37-25(30-27)20-8-10-22(11-9-20)36-16-5-15-33/h2,20,22,24,33H,1,3-19H2/t20?,22?,24-,27-/m1/s1. The Labute approximate surface area is 219 Å². The summed E-state index contributed by atoms with van der Waals surface area (Å²) < 4.78 is 18.2. The Morgan fingerprint density at radius 2 is 2.03 bits per heavy atom. The van der Waals surface area contributed by atoms with Crippen LogP contribution in [0.3, 0.4) is 0 Å². The highest BCUT2D eigenvalue weighted by Gasteiger charge is 2.55. The summed E-state index contributed by atoms with van der Waals surface area (Å²) in [6.45, 7) is 7.11. The van der Waals surface area contributed by atoms with Crippen LogP contribution in [0.15, 0.2) is 33.9 Å². The lowest BCUT2D eigenvalue weighted by Gasteiger charge is -2.38. The molecule has 0 spiro atoms. The fraction of sp³-hybridized carbons (Fsp3) is 0.778. The first-order valence-corrected chi connectivity index (χ1v) is 13.8. The van der Waals surface area contributed by atoms with E-state index in [1.165, 1.54) is 0 Å². The smallest absolute Gasteiger partial charge is 0.255 e. The van der Waals surface area contributed by atoms with Gasteiger partial charge in [0.1, 0.15) is 0 Å². The van der Waals surface area contributed by atoms with Gasteiger partial charge in [-0.25, -0.2) is 4.99 Å². The number of carbonyl (C=O) groups is 1. The Morgan fingerprint density at radius 3 is 2.73 bits per heavy atom. The first-order chi connectivity index (χ1) is 18.1. The highest BCUT2D eigenvalue weighted by atomic mass is 16.5. The van der Waals surface area contributed by atoms with Crippen molar-refractivity contribution < 1.29 is 24.1 Å². The van der Waals surface area contributed by atoms with E-state index in [0.29, 0.717) is 58.2 Å². The van der Waals surface area contributed by atoms with Crippen LogP contribution in [0.2, 0.25) is 0 Å². The summed E-state index contributed by atoms with van der Waals surface area (Å²) in [7, 11) is 0. The second-order valence-corrected chi connectivity index (χ2v) is 10.4. The van der Waals surface area contributed by atoms with Gasteiger partial charge in [-0.3, -0.25) is 4.79 Å². The number of carbonyl (C=O) groups excluding carboxylic acids is 1. The molecule has 0 radical (unpaired) electrons. The normalized spacial score (nSPS) is 30.4. The number of aliphatic hydroxyl groups is 1. The summed E-state index contributed by atoms with van der Waals surface area (Å²) in [5.74, 6) is 0.774. The van der Waals surface area contributed by atoms with Crippen LogP contribution in [0.25, 0.3) is 10.4 Å². The fourth-order valence-corrected chi connectivity index (χ4v) is 6.10. The van der Waals surface area contributed by atoms with Crippen molar-refractivity contribution in [3.05, 3.63) is 34.2 Å². The van der Waals surface area contributed by atoms with Crippen molar-refractivity contribution in [2.45, 2.75) is 82.0 Å². The highest BCUT2D eigenvalue weighted by Crippen LogP contribution is 2.44. The van der Waals surface area contributed by atoms with Crippen molar-refractivity contribution in [1.29, 1.82) is 0 Å². The van der Waals surface area contributed by atoms with Crippen LogP contribution in [-0.4, -0.2) is 85.6 Å². The third-order valence-corrected chi connectivity index (χ3v) is 8.06. The molecular weight excluding hydrogens is 474 g/mol. The first kappa shape index (κ1) is 27.6. The number of morpholine rings is 1. The SMILES string of the molecule is C=CC[C@@]1(C(=O)N2CCOCC2)N=C(C2CCC(OCCCO)CC2)O[C@@H]1C1=C(CN=[N+]=[N-])CCCC1. The number of aliphatic imine (C=N–C) groups is 1. The molecule has 1 amide bonds. The summed E-state index contributed by atoms with van der Waals surface area (Å²) in [5.41, 5.74) is 10.0. The topological polar surface area (TPSA) is 129 Å². The lowest BCUT2D eigenvalue weighted by atomic mass is 9.77. The molecule has 1 saturated heterocycles.